The van der Waals surface area contributed by atoms with Gasteiger partial charge in [-0.2, -0.15) is 0 Å². The van der Waals surface area contributed by atoms with Crippen LogP contribution >= 0.6 is 0 Å². The Kier molecular flexibility index (Phi) is 5.42. The quantitative estimate of drug-likeness (QED) is 0.874. The fraction of sp³-hybridized carbons (Fsp3) is 0.556. The van der Waals surface area contributed by atoms with E-state index in [-0.39, 0.29) is 18.4 Å². The molecule has 5 heteroatoms. The van der Waals surface area contributed by atoms with Gasteiger partial charge in [0.1, 0.15) is 0 Å². The van der Waals surface area contributed by atoms with Gasteiger partial charge in [-0.3, -0.25) is 9.59 Å². The summed E-state index contributed by atoms with van der Waals surface area (Å²) in [5.74, 6) is -1.36. The SMILES string of the molecule is C[C@@H]1CN(C(=O)C(C)(C)COCc2ccccc2)C[C@H]1C(=O)O. The molecule has 0 aliphatic carbocycles. The van der Waals surface area contributed by atoms with Crippen LogP contribution in [0.25, 0.3) is 0 Å². The highest BCUT2D eigenvalue weighted by atomic mass is 16.5. The van der Waals surface area contributed by atoms with Gasteiger partial charge in [0.05, 0.1) is 24.5 Å². The number of nitrogens with zero attached hydrogens (tertiary/aromatic N) is 1. The number of rotatable bonds is 6. The molecule has 1 aliphatic heterocycles. The lowest BCUT2D eigenvalue weighted by atomic mass is 9.93. The summed E-state index contributed by atoms with van der Waals surface area (Å²) in [6, 6.07) is 9.81. The predicted octanol–water partition coefficient (Wildman–Crippen LogP) is 2.41. The summed E-state index contributed by atoms with van der Waals surface area (Å²) < 4.78 is 5.70. The molecule has 1 N–H and O–H groups in total. The highest BCUT2D eigenvalue weighted by Gasteiger charge is 2.41. The largest absolute Gasteiger partial charge is 0.481 e. The first kappa shape index (κ1) is 17.5. The van der Waals surface area contributed by atoms with Crippen LogP contribution < -0.4 is 0 Å². The second kappa shape index (κ2) is 7.13. The summed E-state index contributed by atoms with van der Waals surface area (Å²) >= 11 is 0. The van der Waals surface area contributed by atoms with Crippen LogP contribution in [0, 0.1) is 17.3 Å². The maximum atomic E-state index is 12.7. The normalized spacial score (nSPS) is 21.4. The van der Waals surface area contributed by atoms with Crippen LogP contribution in [0.4, 0.5) is 0 Å². The van der Waals surface area contributed by atoms with Crippen molar-refractivity contribution in [2.24, 2.45) is 17.3 Å². The van der Waals surface area contributed by atoms with Crippen molar-refractivity contribution in [3.8, 4) is 0 Å². The van der Waals surface area contributed by atoms with Gasteiger partial charge < -0.3 is 14.7 Å². The first-order valence-electron chi connectivity index (χ1n) is 7.95. The van der Waals surface area contributed by atoms with Gasteiger partial charge >= 0.3 is 5.97 Å². The third-order valence-electron chi connectivity index (χ3n) is 4.37. The summed E-state index contributed by atoms with van der Waals surface area (Å²) in [6.45, 7) is 7.13. The van der Waals surface area contributed by atoms with E-state index in [2.05, 4.69) is 0 Å². The Bertz CT molecular complexity index is 555. The smallest absolute Gasteiger partial charge is 0.308 e. The zero-order valence-corrected chi connectivity index (χ0v) is 14.0. The molecule has 1 aromatic rings. The van der Waals surface area contributed by atoms with Crippen molar-refractivity contribution >= 4 is 11.9 Å². The van der Waals surface area contributed by atoms with Crippen molar-refractivity contribution in [2.75, 3.05) is 19.7 Å². The molecule has 5 nitrogen and oxygen atoms in total. The third kappa shape index (κ3) is 4.32. The predicted molar refractivity (Wildman–Crippen MR) is 86.7 cm³/mol. The Morgan fingerprint density at radius 3 is 2.48 bits per heavy atom. The second-order valence-electron chi connectivity index (χ2n) is 6.99. The number of carboxylic acids is 1. The van der Waals surface area contributed by atoms with Crippen molar-refractivity contribution < 1.29 is 19.4 Å². The Morgan fingerprint density at radius 1 is 1.26 bits per heavy atom. The highest BCUT2D eigenvalue weighted by molar-refractivity contribution is 5.83. The lowest BCUT2D eigenvalue weighted by molar-refractivity contribution is -0.144. The van der Waals surface area contributed by atoms with E-state index in [1.54, 1.807) is 4.90 Å². The van der Waals surface area contributed by atoms with Crippen molar-refractivity contribution in [1.82, 2.24) is 4.90 Å². The molecule has 1 aromatic carbocycles. The van der Waals surface area contributed by atoms with Crippen LogP contribution in [0.1, 0.15) is 26.3 Å². The van der Waals surface area contributed by atoms with Crippen LogP contribution in [-0.4, -0.2) is 41.6 Å². The van der Waals surface area contributed by atoms with Gasteiger partial charge in [0, 0.05) is 13.1 Å². The lowest BCUT2D eigenvalue weighted by Crippen LogP contribution is -2.42. The third-order valence-corrected chi connectivity index (χ3v) is 4.37. The maximum absolute atomic E-state index is 12.7. The first-order chi connectivity index (χ1) is 10.8. The molecule has 0 spiro atoms. The van der Waals surface area contributed by atoms with Crippen LogP contribution in [0.5, 0.6) is 0 Å². The zero-order valence-electron chi connectivity index (χ0n) is 14.0. The molecule has 1 saturated heterocycles. The number of carboxylic acid groups (broad SMARTS) is 1. The molecule has 0 bridgehead atoms. The Morgan fingerprint density at radius 2 is 1.91 bits per heavy atom. The van der Waals surface area contributed by atoms with Crippen molar-refractivity contribution in [3.05, 3.63) is 35.9 Å². The van der Waals surface area contributed by atoms with Gasteiger partial charge in [0.15, 0.2) is 0 Å². The molecule has 1 fully saturated rings. The van der Waals surface area contributed by atoms with Crippen molar-refractivity contribution in [2.45, 2.75) is 27.4 Å². The standard InChI is InChI=1S/C18H25NO4/c1-13-9-19(10-15(13)16(20)21)17(22)18(2,3)12-23-11-14-7-5-4-6-8-14/h4-8,13,15H,9-12H2,1-3H3,(H,20,21)/t13-,15-/m1/s1. The van der Waals surface area contributed by atoms with Crippen molar-refractivity contribution in [3.63, 3.8) is 0 Å². The first-order valence-corrected chi connectivity index (χ1v) is 7.95. The Labute approximate surface area is 137 Å². The molecular formula is C18H25NO4. The number of benzene rings is 1. The van der Waals surface area contributed by atoms with E-state index in [1.807, 2.05) is 51.1 Å². The van der Waals surface area contributed by atoms with E-state index in [0.717, 1.165) is 5.56 Å². The molecule has 0 unspecified atom stereocenters. The lowest BCUT2D eigenvalue weighted by Gasteiger charge is -2.29. The average molecular weight is 319 g/mol. The topological polar surface area (TPSA) is 66.8 Å². The van der Waals surface area contributed by atoms with Crippen LogP contribution in [0.2, 0.25) is 0 Å². The van der Waals surface area contributed by atoms with Gasteiger partial charge in [-0.25, -0.2) is 0 Å². The number of likely N-dealkylation sites (tertiary alicyclic amines) is 1. The summed E-state index contributed by atoms with van der Waals surface area (Å²) in [6.07, 6.45) is 0. The molecule has 1 amide bonds. The second-order valence-corrected chi connectivity index (χ2v) is 6.99. The van der Waals surface area contributed by atoms with Gasteiger partial charge in [-0.15, -0.1) is 0 Å². The number of ether oxygens (including phenoxy) is 1. The number of hydrogen-bond acceptors (Lipinski definition) is 3. The van der Waals surface area contributed by atoms with Crippen molar-refractivity contribution in [1.29, 1.82) is 0 Å². The maximum Gasteiger partial charge on any atom is 0.308 e. The van der Waals surface area contributed by atoms with Gasteiger partial charge in [-0.05, 0) is 25.3 Å². The number of hydrogen-bond donors (Lipinski definition) is 1. The Hall–Kier alpha value is -1.88. The fourth-order valence-electron chi connectivity index (χ4n) is 2.94. The summed E-state index contributed by atoms with van der Waals surface area (Å²) in [5, 5.41) is 9.19. The minimum Gasteiger partial charge on any atom is -0.481 e. The number of carbonyl (C=O) groups excluding carboxylic acids is 1. The molecule has 0 radical (unpaired) electrons. The number of carbonyl (C=O) groups is 2. The van der Waals surface area contributed by atoms with Gasteiger partial charge in [0.2, 0.25) is 5.91 Å². The van der Waals surface area contributed by atoms with Crippen LogP contribution in [0.15, 0.2) is 30.3 Å². The molecule has 23 heavy (non-hydrogen) atoms. The Balaban J connectivity index is 1.89. The average Bonchev–Trinajstić information content (AvgIpc) is 2.89. The minimum atomic E-state index is -0.828. The summed E-state index contributed by atoms with van der Waals surface area (Å²) in [7, 11) is 0. The van der Waals surface area contributed by atoms with E-state index < -0.39 is 17.3 Å². The molecule has 1 heterocycles. The zero-order chi connectivity index (χ0) is 17.0. The molecule has 2 atom stereocenters. The van der Waals surface area contributed by atoms with Gasteiger partial charge in [0.25, 0.3) is 0 Å². The number of aliphatic carboxylic acids is 1. The molecule has 0 aromatic heterocycles. The van der Waals surface area contributed by atoms with E-state index in [0.29, 0.717) is 19.8 Å². The number of amides is 1. The van der Waals surface area contributed by atoms with E-state index in [4.69, 9.17) is 4.74 Å². The minimum absolute atomic E-state index is 0.0162. The fourth-order valence-corrected chi connectivity index (χ4v) is 2.94. The molecular weight excluding hydrogens is 294 g/mol. The van der Waals surface area contributed by atoms with Gasteiger partial charge in [-0.1, -0.05) is 37.3 Å². The van der Waals surface area contributed by atoms with E-state index >= 15 is 0 Å². The van der Waals surface area contributed by atoms with Crippen LogP contribution in [-0.2, 0) is 20.9 Å². The van der Waals surface area contributed by atoms with Crippen LogP contribution in [0.3, 0.4) is 0 Å². The van der Waals surface area contributed by atoms with E-state index in [1.165, 1.54) is 0 Å². The molecule has 1 aliphatic rings. The monoisotopic (exact) mass is 319 g/mol. The summed E-state index contributed by atoms with van der Waals surface area (Å²) in [4.78, 5) is 25.5. The molecule has 126 valence electrons. The molecule has 2 rings (SSSR count). The molecule has 0 saturated carbocycles. The summed E-state index contributed by atoms with van der Waals surface area (Å²) in [5.41, 5.74) is 0.401. The highest BCUT2D eigenvalue weighted by Crippen LogP contribution is 2.28. The van der Waals surface area contributed by atoms with E-state index in [9.17, 15) is 14.7 Å².